The minimum absolute atomic E-state index is 0.146. The van der Waals surface area contributed by atoms with Crippen molar-refractivity contribution >= 4 is 20.8 Å². The van der Waals surface area contributed by atoms with E-state index in [-0.39, 0.29) is 5.75 Å². The molecule has 0 amide bonds. The molecule has 17 heavy (non-hydrogen) atoms. The number of hydrogen-bond acceptors (Lipinski definition) is 4. The zero-order valence-electron chi connectivity index (χ0n) is 9.64. The zero-order valence-corrected chi connectivity index (χ0v) is 10.5. The molecular weight excluding hydrogens is 238 g/mol. The Kier molecular flexibility index (Phi) is 3.49. The number of fused-ring (bicyclic) bond motifs is 1. The van der Waals surface area contributed by atoms with Crippen molar-refractivity contribution in [3.05, 3.63) is 36.1 Å². The topological polar surface area (TPSA) is 59.3 Å². The molecule has 5 heteroatoms. The van der Waals surface area contributed by atoms with E-state index < -0.39 is 9.84 Å². The highest BCUT2D eigenvalue weighted by atomic mass is 32.2. The van der Waals surface area contributed by atoms with E-state index in [4.69, 9.17) is 4.42 Å². The summed E-state index contributed by atoms with van der Waals surface area (Å²) in [6, 6.07) is 9.74. The van der Waals surface area contributed by atoms with Crippen LogP contribution < -0.4 is 5.32 Å². The summed E-state index contributed by atoms with van der Waals surface area (Å²) < 4.78 is 27.4. The van der Waals surface area contributed by atoms with Crippen molar-refractivity contribution < 1.29 is 12.8 Å². The maximum atomic E-state index is 10.9. The van der Waals surface area contributed by atoms with Crippen LogP contribution in [0.25, 0.3) is 11.0 Å². The van der Waals surface area contributed by atoms with Crippen LogP contribution in [-0.2, 0) is 16.4 Å². The van der Waals surface area contributed by atoms with Gasteiger partial charge in [0.2, 0.25) is 0 Å². The average molecular weight is 253 g/mol. The predicted molar refractivity (Wildman–Crippen MR) is 67.6 cm³/mol. The normalized spacial score (nSPS) is 12.1. The number of hydrogen-bond donors (Lipinski definition) is 1. The maximum Gasteiger partial charge on any atom is 0.148 e. The van der Waals surface area contributed by atoms with Gasteiger partial charge in [-0.15, -0.1) is 0 Å². The molecule has 0 fully saturated rings. The molecule has 4 nitrogen and oxygen atoms in total. The molecule has 0 bridgehead atoms. The average Bonchev–Trinajstić information content (AvgIpc) is 2.65. The van der Waals surface area contributed by atoms with Gasteiger partial charge in [0.15, 0.2) is 0 Å². The summed E-state index contributed by atoms with van der Waals surface area (Å²) in [4.78, 5) is 0. The Morgan fingerprint density at radius 1 is 1.29 bits per heavy atom. The van der Waals surface area contributed by atoms with Crippen LogP contribution in [-0.4, -0.2) is 27.0 Å². The van der Waals surface area contributed by atoms with Crippen LogP contribution in [0.1, 0.15) is 5.76 Å². The fourth-order valence-electron chi connectivity index (χ4n) is 1.59. The lowest BCUT2D eigenvalue weighted by Gasteiger charge is -2.00. The first kappa shape index (κ1) is 12.1. The highest BCUT2D eigenvalue weighted by Crippen LogP contribution is 2.18. The molecule has 0 aliphatic carbocycles. The van der Waals surface area contributed by atoms with Crippen molar-refractivity contribution in [1.29, 1.82) is 0 Å². The van der Waals surface area contributed by atoms with Gasteiger partial charge in [-0.05, 0) is 12.1 Å². The second kappa shape index (κ2) is 4.89. The van der Waals surface area contributed by atoms with Crippen LogP contribution in [0.2, 0.25) is 0 Å². The summed E-state index contributed by atoms with van der Waals surface area (Å²) in [5.74, 6) is 0.965. The van der Waals surface area contributed by atoms with Crippen LogP contribution in [0.5, 0.6) is 0 Å². The first-order valence-corrected chi connectivity index (χ1v) is 7.46. The Bertz CT molecular complexity index is 568. The van der Waals surface area contributed by atoms with Crippen molar-refractivity contribution in [2.24, 2.45) is 0 Å². The molecular formula is C12H15NO3S. The fourth-order valence-corrected chi connectivity index (χ4v) is 2.11. The molecule has 0 unspecified atom stereocenters. The highest BCUT2D eigenvalue weighted by molar-refractivity contribution is 7.90. The van der Waals surface area contributed by atoms with E-state index in [1.807, 2.05) is 30.3 Å². The SMILES string of the molecule is CS(=O)(=O)CCNCc1cc2ccccc2o1. The summed E-state index contributed by atoms with van der Waals surface area (Å²) in [6.07, 6.45) is 1.23. The van der Waals surface area contributed by atoms with Crippen molar-refractivity contribution in [2.75, 3.05) is 18.6 Å². The van der Waals surface area contributed by atoms with Gasteiger partial charge < -0.3 is 9.73 Å². The van der Waals surface area contributed by atoms with E-state index in [2.05, 4.69) is 5.32 Å². The van der Waals surface area contributed by atoms with Crippen LogP contribution in [0.15, 0.2) is 34.7 Å². The molecule has 1 N–H and O–H groups in total. The summed E-state index contributed by atoms with van der Waals surface area (Å²) in [5.41, 5.74) is 0.854. The van der Waals surface area contributed by atoms with Crippen molar-refractivity contribution in [3.63, 3.8) is 0 Å². The molecule has 0 atom stereocenters. The van der Waals surface area contributed by atoms with Gasteiger partial charge in [-0.1, -0.05) is 18.2 Å². The van der Waals surface area contributed by atoms with Crippen molar-refractivity contribution in [3.8, 4) is 0 Å². The third kappa shape index (κ3) is 3.57. The highest BCUT2D eigenvalue weighted by Gasteiger charge is 2.04. The first-order chi connectivity index (χ1) is 8.04. The zero-order chi connectivity index (χ0) is 12.3. The van der Waals surface area contributed by atoms with Crippen LogP contribution in [0.3, 0.4) is 0 Å². The summed E-state index contributed by atoms with van der Waals surface area (Å²) in [6.45, 7) is 0.986. The fraction of sp³-hybridized carbons (Fsp3) is 0.333. The Hall–Kier alpha value is -1.33. The van der Waals surface area contributed by atoms with E-state index >= 15 is 0 Å². The van der Waals surface area contributed by atoms with Gasteiger partial charge in [0, 0.05) is 18.2 Å². The van der Waals surface area contributed by atoms with Crippen molar-refractivity contribution in [1.82, 2.24) is 5.32 Å². The third-order valence-corrected chi connectivity index (χ3v) is 3.37. The molecule has 0 saturated heterocycles. The second-order valence-electron chi connectivity index (χ2n) is 4.06. The molecule has 1 aromatic heterocycles. The van der Waals surface area contributed by atoms with Gasteiger partial charge in [0.05, 0.1) is 12.3 Å². The monoisotopic (exact) mass is 253 g/mol. The lowest BCUT2D eigenvalue weighted by molar-refractivity contribution is 0.518. The third-order valence-electron chi connectivity index (χ3n) is 2.43. The standard InChI is InChI=1S/C12H15NO3S/c1-17(14,15)7-6-13-9-11-8-10-4-2-3-5-12(10)16-11/h2-5,8,13H,6-7,9H2,1H3. The molecule has 0 aliphatic heterocycles. The van der Waals surface area contributed by atoms with Crippen molar-refractivity contribution in [2.45, 2.75) is 6.54 Å². The van der Waals surface area contributed by atoms with Crippen LogP contribution >= 0.6 is 0 Å². The molecule has 0 spiro atoms. The first-order valence-electron chi connectivity index (χ1n) is 5.40. The van der Waals surface area contributed by atoms with Crippen LogP contribution in [0, 0.1) is 0 Å². The minimum Gasteiger partial charge on any atom is -0.460 e. The summed E-state index contributed by atoms with van der Waals surface area (Å²) in [7, 11) is -2.90. The Morgan fingerprint density at radius 3 is 2.76 bits per heavy atom. The van der Waals surface area contributed by atoms with Gasteiger partial charge >= 0.3 is 0 Å². The minimum atomic E-state index is -2.90. The quantitative estimate of drug-likeness (QED) is 0.822. The number of furan rings is 1. The number of para-hydroxylation sites is 1. The molecule has 1 aromatic carbocycles. The maximum absolute atomic E-state index is 10.9. The molecule has 92 valence electrons. The molecule has 0 saturated carbocycles. The number of sulfone groups is 1. The molecule has 1 heterocycles. The molecule has 2 rings (SSSR count). The number of nitrogens with one attached hydrogen (secondary N) is 1. The van der Waals surface area contributed by atoms with Crippen LogP contribution in [0.4, 0.5) is 0 Å². The van der Waals surface area contributed by atoms with Gasteiger partial charge in [0.25, 0.3) is 0 Å². The molecule has 2 aromatic rings. The summed E-state index contributed by atoms with van der Waals surface area (Å²) in [5, 5.41) is 4.11. The van der Waals surface area contributed by atoms with E-state index in [0.29, 0.717) is 13.1 Å². The van der Waals surface area contributed by atoms with Gasteiger partial charge in [-0.2, -0.15) is 0 Å². The largest absolute Gasteiger partial charge is 0.460 e. The van der Waals surface area contributed by atoms with E-state index in [1.54, 1.807) is 0 Å². The second-order valence-corrected chi connectivity index (χ2v) is 6.32. The molecule has 0 radical (unpaired) electrons. The Labute approximate surface area is 101 Å². The van der Waals surface area contributed by atoms with E-state index in [9.17, 15) is 8.42 Å². The number of rotatable bonds is 5. The lowest BCUT2D eigenvalue weighted by Crippen LogP contribution is -2.21. The smallest absolute Gasteiger partial charge is 0.148 e. The van der Waals surface area contributed by atoms with Gasteiger partial charge in [-0.25, -0.2) is 8.42 Å². The van der Waals surface area contributed by atoms with E-state index in [1.165, 1.54) is 6.26 Å². The number of benzene rings is 1. The Morgan fingerprint density at radius 2 is 2.06 bits per heavy atom. The lowest BCUT2D eigenvalue weighted by atomic mass is 10.2. The van der Waals surface area contributed by atoms with Gasteiger partial charge in [0.1, 0.15) is 21.2 Å². The van der Waals surface area contributed by atoms with Gasteiger partial charge in [-0.3, -0.25) is 0 Å². The summed E-state index contributed by atoms with van der Waals surface area (Å²) >= 11 is 0. The Balaban J connectivity index is 1.91. The predicted octanol–water partition coefficient (Wildman–Crippen LogP) is 1.57. The molecule has 0 aliphatic rings. The van der Waals surface area contributed by atoms with E-state index in [0.717, 1.165) is 16.7 Å².